The molecule has 4 rings (SSSR count). The molecule has 0 bridgehead atoms. The lowest BCUT2D eigenvalue weighted by Gasteiger charge is -2.46. The van der Waals surface area contributed by atoms with Crippen LogP contribution in [0.15, 0.2) is 48.5 Å². The first-order valence-corrected chi connectivity index (χ1v) is 9.96. The van der Waals surface area contributed by atoms with Crippen LogP contribution in [0.2, 0.25) is 0 Å². The molecule has 1 fully saturated rings. The van der Waals surface area contributed by atoms with Gasteiger partial charge in [0, 0.05) is 31.6 Å². The van der Waals surface area contributed by atoms with E-state index >= 15 is 0 Å². The standard InChI is InChI=1S/C23H28N2O2/c1-3-4-14-27-19-10-11-21-20(15-19)22(26)25-13-12-24(2)17-23(21,25)16-18-8-6-5-7-9-18/h5-11,15H,3-4,12-14,16-17H2,1-2H3. The Morgan fingerprint density at radius 3 is 2.70 bits per heavy atom. The van der Waals surface area contributed by atoms with Gasteiger partial charge in [0.15, 0.2) is 0 Å². The molecule has 4 heteroatoms. The Balaban J connectivity index is 1.72. The van der Waals surface area contributed by atoms with Crippen LogP contribution in [-0.4, -0.2) is 49.0 Å². The zero-order valence-electron chi connectivity index (χ0n) is 16.3. The number of fused-ring (bicyclic) bond motifs is 3. The van der Waals surface area contributed by atoms with Crippen molar-refractivity contribution >= 4 is 5.91 Å². The molecule has 0 N–H and O–H groups in total. The molecule has 0 aliphatic carbocycles. The van der Waals surface area contributed by atoms with Gasteiger partial charge >= 0.3 is 0 Å². The van der Waals surface area contributed by atoms with Crippen LogP contribution in [0.5, 0.6) is 5.75 Å². The Hall–Kier alpha value is -2.33. The Labute approximate surface area is 161 Å². The summed E-state index contributed by atoms with van der Waals surface area (Å²) in [5.41, 5.74) is 2.94. The van der Waals surface area contributed by atoms with Crippen molar-refractivity contribution in [1.82, 2.24) is 9.80 Å². The molecule has 1 amide bonds. The van der Waals surface area contributed by atoms with Gasteiger partial charge in [0.1, 0.15) is 5.75 Å². The number of unbranched alkanes of at least 4 members (excludes halogenated alkanes) is 1. The van der Waals surface area contributed by atoms with E-state index in [1.54, 1.807) is 0 Å². The summed E-state index contributed by atoms with van der Waals surface area (Å²) in [5.74, 6) is 0.952. The zero-order chi connectivity index (χ0) is 18.9. The van der Waals surface area contributed by atoms with Crippen LogP contribution in [-0.2, 0) is 12.0 Å². The number of hydrogen-bond donors (Lipinski definition) is 0. The second-order valence-electron chi connectivity index (χ2n) is 7.80. The van der Waals surface area contributed by atoms with Crippen LogP contribution in [0.3, 0.4) is 0 Å². The molecule has 2 aromatic rings. The summed E-state index contributed by atoms with van der Waals surface area (Å²) in [5, 5.41) is 0. The summed E-state index contributed by atoms with van der Waals surface area (Å²) in [6, 6.07) is 16.6. The molecule has 0 aromatic heterocycles. The maximum atomic E-state index is 13.3. The van der Waals surface area contributed by atoms with Crippen LogP contribution in [0, 0.1) is 0 Å². The summed E-state index contributed by atoms with van der Waals surface area (Å²) in [4.78, 5) is 17.7. The first kappa shape index (κ1) is 18.1. The van der Waals surface area contributed by atoms with E-state index in [0.717, 1.165) is 55.8 Å². The average Bonchev–Trinajstić information content (AvgIpc) is 2.90. The van der Waals surface area contributed by atoms with Crippen molar-refractivity contribution in [1.29, 1.82) is 0 Å². The zero-order valence-corrected chi connectivity index (χ0v) is 16.3. The molecule has 4 nitrogen and oxygen atoms in total. The topological polar surface area (TPSA) is 32.8 Å². The number of ether oxygens (including phenoxy) is 1. The average molecular weight is 364 g/mol. The highest BCUT2D eigenvalue weighted by molar-refractivity contribution is 6.00. The van der Waals surface area contributed by atoms with Crippen molar-refractivity contribution in [3.63, 3.8) is 0 Å². The Morgan fingerprint density at radius 2 is 1.93 bits per heavy atom. The third kappa shape index (κ3) is 3.23. The van der Waals surface area contributed by atoms with Crippen molar-refractivity contribution in [3.8, 4) is 5.75 Å². The minimum atomic E-state index is -0.289. The Kier molecular flexibility index (Phi) is 4.92. The number of likely N-dealkylation sites (N-methyl/N-ethyl adjacent to an activating group) is 1. The monoisotopic (exact) mass is 364 g/mol. The van der Waals surface area contributed by atoms with Gasteiger partial charge in [-0.15, -0.1) is 0 Å². The van der Waals surface area contributed by atoms with Gasteiger partial charge in [0.2, 0.25) is 0 Å². The fourth-order valence-electron chi connectivity index (χ4n) is 4.48. The number of hydrogen-bond acceptors (Lipinski definition) is 3. The lowest BCUT2D eigenvalue weighted by molar-refractivity contribution is 0.0181. The molecule has 2 heterocycles. The molecule has 2 aliphatic heterocycles. The van der Waals surface area contributed by atoms with Crippen LogP contribution in [0.4, 0.5) is 0 Å². The van der Waals surface area contributed by atoms with Gasteiger partial charge in [-0.05, 0) is 36.7 Å². The van der Waals surface area contributed by atoms with Crippen molar-refractivity contribution in [3.05, 3.63) is 65.2 Å². The molecule has 27 heavy (non-hydrogen) atoms. The summed E-state index contributed by atoms with van der Waals surface area (Å²) >= 11 is 0. The van der Waals surface area contributed by atoms with Crippen LogP contribution >= 0.6 is 0 Å². The van der Waals surface area contributed by atoms with E-state index in [1.165, 1.54) is 5.56 Å². The SMILES string of the molecule is CCCCOc1ccc2c(c1)C(=O)N1CCN(C)CC21Cc1ccccc1. The summed E-state index contributed by atoms with van der Waals surface area (Å²) < 4.78 is 5.86. The highest BCUT2D eigenvalue weighted by atomic mass is 16.5. The van der Waals surface area contributed by atoms with E-state index in [1.807, 2.05) is 18.2 Å². The molecule has 1 atom stereocenters. The van der Waals surface area contributed by atoms with Gasteiger partial charge in [-0.1, -0.05) is 49.7 Å². The largest absolute Gasteiger partial charge is 0.494 e. The van der Waals surface area contributed by atoms with E-state index in [9.17, 15) is 4.79 Å². The maximum Gasteiger partial charge on any atom is 0.255 e. The first-order chi connectivity index (χ1) is 13.1. The highest BCUT2D eigenvalue weighted by Crippen LogP contribution is 2.44. The van der Waals surface area contributed by atoms with Crippen molar-refractivity contribution in [2.75, 3.05) is 33.3 Å². The predicted molar refractivity (Wildman–Crippen MR) is 107 cm³/mol. The molecular formula is C23H28N2O2. The van der Waals surface area contributed by atoms with E-state index in [2.05, 4.69) is 54.1 Å². The number of amides is 1. The fraction of sp³-hybridized carbons (Fsp3) is 0.435. The first-order valence-electron chi connectivity index (χ1n) is 9.96. The smallest absolute Gasteiger partial charge is 0.255 e. The molecule has 142 valence electrons. The third-order valence-electron chi connectivity index (χ3n) is 5.83. The number of carbonyl (C=O) groups excluding carboxylic acids is 1. The molecule has 1 saturated heterocycles. The summed E-state index contributed by atoms with van der Waals surface area (Å²) in [6.07, 6.45) is 2.97. The second-order valence-corrected chi connectivity index (χ2v) is 7.80. The van der Waals surface area contributed by atoms with Crippen molar-refractivity contribution in [2.45, 2.75) is 31.7 Å². The van der Waals surface area contributed by atoms with Gasteiger partial charge in [-0.2, -0.15) is 0 Å². The number of carbonyl (C=O) groups is 1. The minimum absolute atomic E-state index is 0.148. The minimum Gasteiger partial charge on any atom is -0.494 e. The number of nitrogens with zero attached hydrogens (tertiary/aromatic N) is 2. The highest BCUT2D eigenvalue weighted by Gasteiger charge is 2.51. The lowest BCUT2D eigenvalue weighted by Crippen LogP contribution is -2.58. The van der Waals surface area contributed by atoms with Crippen molar-refractivity contribution in [2.24, 2.45) is 0 Å². The molecule has 1 unspecified atom stereocenters. The van der Waals surface area contributed by atoms with Gasteiger partial charge in [0.25, 0.3) is 5.91 Å². The number of piperazine rings is 1. The van der Waals surface area contributed by atoms with E-state index < -0.39 is 0 Å². The van der Waals surface area contributed by atoms with Gasteiger partial charge < -0.3 is 14.5 Å². The van der Waals surface area contributed by atoms with Crippen molar-refractivity contribution < 1.29 is 9.53 Å². The molecule has 0 spiro atoms. The second kappa shape index (κ2) is 7.35. The number of benzene rings is 2. The van der Waals surface area contributed by atoms with Crippen LogP contribution in [0.25, 0.3) is 0 Å². The quantitative estimate of drug-likeness (QED) is 0.733. The normalized spacial score (nSPS) is 21.9. The van der Waals surface area contributed by atoms with E-state index in [-0.39, 0.29) is 11.4 Å². The van der Waals surface area contributed by atoms with Crippen LogP contribution < -0.4 is 4.74 Å². The third-order valence-corrected chi connectivity index (χ3v) is 5.83. The maximum absolute atomic E-state index is 13.3. The Morgan fingerprint density at radius 1 is 1.11 bits per heavy atom. The molecule has 0 saturated carbocycles. The van der Waals surface area contributed by atoms with Crippen LogP contribution in [0.1, 0.15) is 41.3 Å². The van der Waals surface area contributed by atoms with Gasteiger partial charge in [-0.25, -0.2) is 0 Å². The number of rotatable bonds is 6. The summed E-state index contributed by atoms with van der Waals surface area (Å²) in [7, 11) is 2.15. The molecule has 0 radical (unpaired) electrons. The van der Waals surface area contributed by atoms with Gasteiger partial charge in [-0.3, -0.25) is 4.79 Å². The van der Waals surface area contributed by atoms with E-state index in [4.69, 9.17) is 4.74 Å². The predicted octanol–water partition coefficient (Wildman–Crippen LogP) is 3.70. The molecule has 2 aliphatic rings. The Bertz CT molecular complexity index is 820. The fourth-order valence-corrected chi connectivity index (χ4v) is 4.48. The molecule has 2 aromatic carbocycles. The van der Waals surface area contributed by atoms with Gasteiger partial charge in [0.05, 0.1) is 12.1 Å². The lowest BCUT2D eigenvalue weighted by atomic mass is 9.82. The summed E-state index contributed by atoms with van der Waals surface area (Å²) in [6.45, 7) is 5.39. The molecular weight excluding hydrogens is 336 g/mol. The van der Waals surface area contributed by atoms with E-state index in [0.29, 0.717) is 6.61 Å².